The zero-order chi connectivity index (χ0) is 24.8. The summed E-state index contributed by atoms with van der Waals surface area (Å²) in [6.45, 7) is 5.05. The molecule has 33 heavy (non-hydrogen) atoms. The van der Waals surface area contributed by atoms with Gasteiger partial charge < -0.3 is 10.2 Å². The predicted octanol–water partition coefficient (Wildman–Crippen LogP) is 2.22. The van der Waals surface area contributed by atoms with Crippen molar-refractivity contribution >= 4 is 33.2 Å². The number of hydrogen-bond donors (Lipinski definition) is 1. The van der Waals surface area contributed by atoms with Gasteiger partial charge in [-0.2, -0.15) is 0 Å². The third-order valence-corrected chi connectivity index (χ3v) is 6.27. The maximum Gasteiger partial charge on any atom is 0.271 e. The number of likely N-dealkylation sites (N-methyl/N-ethyl adjacent to an activating group) is 1. The summed E-state index contributed by atoms with van der Waals surface area (Å²) in [6, 6.07) is 11.5. The molecular formula is C22H28N4O6S. The van der Waals surface area contributed by atoms with E-state index < -0.39 is 33.4 Å². The van der Waals surface area contributed by atoms with E-state index in [-0.39, 0.29) is 23.8 Å². The van der Waals surface area contributed by atoms with Crippen LogP contribution in [-0.2, 0) is 26.2 Å². The molecule has 0 radical (unpaired) electrons. The Balaban J connectivity index is 2.44. The van der Waals surface area contributed by atoms with Crippen LogP contribution in [0.4, 0.5) is 11.4 Å². The third-order valence-electron chi connectivity index (χ3n) is 5.13. The molecule has 0 fully saturated rings. The molecule has 0 spiro atoms. The lowest BCUT2D eigenvalue weighted by atomic mass is 10.1. The Morgan fingerprint density at radius 3 is 2.39 bits per heavy atom. The van der Waals surface area contributed by atoms with Crippen molar-refractivity contribution in [3.63, 3.8) is 0 Å². The zero-order valence-electron chi connectivity index (χ0n) is 19.0. The SMILES string of the molecule is CCNC(=O)[C@H](C)N(Cc1ccccc1C)C(=O)CN(c1cccc([N+](=O)[O-])c1)S(C)(=O)=O. The number of anilines is 1. The highest BCUT2D eigenvalue weighted by molar-refractivity contribution is 7.92. The molecule has 0 aliphatic carbocycles. The molecule has 0 aromatic heterocycles. The van der Waals surface area contributed by atoms with Gasteiger partial charge in [0.2, 0.25) is 21.8 Å². The molecule has 11 heteroatoms. The van der Waals surface area contributed by atoms with Crippen LogP contribution in [0.5, 0.6) is 0 Å². The molecule has 0 aliphatic rings. The van der Waals surface area contributed by atoms with E-state index in [0.29, 0.717) is 6.54 Å². The topological polar surface area (TPSA) is 130 Å². The predicted molar refractivity (Wildman–Crippen MR) is 125 cm³/mol. The second kappa shape index (κ2) is 10.9. The summed E-state index contributed by atoms with van der Waals surface area (Å²) < 4.78 is 25.8. The summed E-state index contributed by atoms with van der Waals surface area (Å²) in [6.07, 6.45) is 0.915. The number of aryl methyl sites for hydroxylation is 1. The summed E-state index contributed by atoms with van der Waals surface area (Å²) >= 11 is 0. The van der Waals surface area contributed by atoms with Crippen LogP contribution in [0.2, 0.25) is 0 Å². The first kappa shape index (κ1) is 25.8. The minimum Gasteiger partial charge on any atom is -0.355 e. The monoisotopic (exact) mass is 476 g/mol. The molecule has 0 saturated heterocycles. The average molecular weight is 477 g/mol. The van der Waals surface area contributed by atoms with Gasteiger partial charge in [0.1, 0.15) is 12.6 Å². The number of rotatable bonds is 10. The van der Waals surface area contributed by atoms with Crippen LogP contribution in [-0.4, -0.2) is 55.4 Å². The first-order chi connectivity index (χ1) is 15.5. The van der Waals surface area contributed by atoms with Gasteiger partial charge in [-0.25, -0.2) is 8.42 Å². The Hall–Kier alpha value is -3.47. The molecule has 10 nitrogen and oxygen atoms in total. The highest BCUT2D eigenvalue weighted by atomic mass is 32.2. The van der Waals surface area contributed by atoms with E-state index in [1.165, 1.54) is 23.1 Å². The lowest BCUT2D eigenvalue weighted by molar-refractivity contribution is -0.384. The zero-order valence-corrected chi connectivity index (χ0v) is 19.8. The van der Waals surface area contributed by atoms with E-state index in [9.17, 15) is 28.1 Å². The van der Waals surface area contributed by atoms with Gasteiger partial charge in [-0.1, -0.05) is 30.3 Å². The van der Waals surface area contributed by atoms with Gasteiger partial charge in [0.15, 0.2) is 0 Å². The number of carbonyl (C=O) groups is 2. The summed E-state index contributed by atoms with van der Waals surface area (Å²) in [5, 5.41) is 13.8. The maximum atomic E-state index is 13.4. The van der Waals surface area contributed by atoms with E-state index in [1.807, 2.05) is 31.2 Å². The fourth-order valence-corrected chi connectivity index (χ4v) is 4.09. The number of nitro benzene ring substituents is 1. The number of nitro groups is 1. The smallest absolute Gasteiger partial charge is 0.271 e. The second-order valence-corrected chi connectivity index (χ2v) is 9.47. The molecule has 2 rings (SSSR count). The number of hydrogen-bond acceptors (Lipinski definition) is 6. The van der Waals surface area contributed by atoms with Crippen molar-refractivity contribution in [2.24, 2.45) is 0 Å². The van der Waals surface area contributed by atoms with Crippen molar-refractivity contribution in [1.82, 2.24) is 10.2 Å². The van der Waals surface area contributed by atoms with Crippen molar-refractivity contribution in [1.29, 1.82) is 0 Å². The standard InChI is InChI=1S/C22H28N4O6S/c1-5-23-22(28)17(3)24(14-18-10-7-6-9-16(18)2)21(27)15-25(33(4,31)32)19-11-8-12-20(13-19)26(29)30/h6-13,17H,5,14-15H2,1-4H3,(H,23,28)/t17-/m0/s1. The highest BCUT2D eigenvalue weighted by Gasteiger charge is 2.30. The number of amides is 2. The van der Waals surface area contributed by atoms with Crippen LogP contribution in [0.25, 0.3) is 0 Å². The number of nitrogens with zero attached hydrogens (tertiary/aromatic N) is 3. The van der Waals surface area contributed by atoms with Crippen molar-refractivity contribution in [3.8, 4) is 0 Å². The molecule has 0 unspecified atom stereocenters. The van der Waals surface area contributed by atoms with Gasteiger partial charge in [0, 0.05) is 25.2 Å². The van der Waals surface area contributed by atoms with Crippen molar-refractivity contribution in [2.75, 3.05) is 23.7 Å². The summed E-state index contributed by atoms with van der Waals surface area (Å²) in [5.41, 5.74) is 1.41. The van der Waals surface area contributed by atoms with Gasteiger partial charge in [-0.3, -0.25) is 24.0 Å². The van der Waals surface area contributed by atoms with Gasteiger partial charge in [-0.15, -0.1) is 0 Å². The first-order valence-corrected chi connectivity index (χ1v) is 12.1. The number of non-ortho nitro benzene ring substituents is 1. The van der Waals surface area contributed by atoms with Crippen LogP contribution in [0.1, 0.15) is 25.0 Å². The Labute approximate surface area is 193 Å². The lowest BCUT2D eigenvalue weighted by Crippen LogP contribution is -2.51. The minimum absolute atomic E-state index is 0.0124. The van der Waals surface area contributed by atoms with E-state index in [1.54, 1.807) is 13.8 Å². The quantitative estimate of drug-likeness (QED) is 0.413. The van der Waals surface area contributed by atoms with Crippen molar-refractivity contribution < 1.29 is 22.9 Å². The van der Waals surface area contributed by atoms with Gasteiger partial charge >= 0.3 is 0 Å². The average Bonchev–Trinajstić information content (AvgIpc) is 2.75. The van der Waals surface area contributed by atoms with E-state index in [2.05, 4.69) is 5.32 Å². The van der Waals surface area contributed by atoms with Gasteiger partial charge in [0.25, 0.3) is 5.69 Å². The van der Waals surface area contributed by atoms with Crippen LogP contribution in [0, 0.1) is 17.0 Å². The molecule has 178 valence electrons. The summed E-state index contributed by atoms with van der Waals surface area (Å²) in [7, 11) is -3.96. The summed E-state index contributed by atoms with van der Waals surface area (Å²) in [4.78, 5) is 37.7. The number of sulfonamides is 1. The molecular weight excluding hydrogens is 448 g/mol. The van der Waals surface area contributed by atoms with Crippen LogP contribution in [0.15, 0.2) is 48.5 Å². The maximum absolute atomic E-state index is 13.4. The Morgan fingerprint density at radius 2 is 1.82 bits per heavy atom. The van der Waals surface area contributed by atoms with Gasteiger partial charge in [-0.05, 0) is 38.0 Å². The van der Waals surface area contributed by atoms with Crippen molar-refractivity contribution in [3.05, 3.63) is 69.8 Å². The largest absolute Gasteiger partial charge is 0.355 e. The lowest BCUT2D eigenvalue weighted by Gasteiger charge is -2.31. The van der Waals surface area contributed by atoms with Crippen LogP contribution >= 0.6 is 0 Å². The molecule has 0 aliphatic heterocycles. The molecule has 1 atom stereocenters. The van der Waals surface area contributed by atoms with E-state index >= 15 is 0 Å². The number of benzene rings is 2. The molecule has 2 aromatic rings. The van der Waals surface area contributed by atoms with Crippen LogP contribution < -0.4 is 9.62 Å². The highest BCUT2D eigenvalue weighted by Crippen LogP contribution is 2.24. The fourth-order valence-electron chi connectivity index (χ4n) is 3.25. The van der Waals surface area contributed by atoms with E-state index in [4.69, 9.17) is 0 Å². The molecule has 1 N–H and O–H groups in total. The fraction of sp³-hybridized carbons (Fsp3) is 0.364. The molecule has 0 heterocycles. The van der Waals surface area contributed by atoms with Crippen molar-refractivity contribution in [2.45, 2.75) is 33.4 Å². The van der Waals surface area contributed by atoms with Gasteiger partial charge in [0.05, 0.1) is 16.9 Å². The molecule has 2 amide bonds. The minimum atomic E-state index is -3.96. The third kappa shape index (κ3) is 6.75. The number of carbonyl (C=O) groups excluding carboxylic acids is 2. The summed E-state index contributed by atoms with van der Waals surface area (Å²) in [5.74, 6) is -0.991. The Kier molecular flexibility index (Phi) is 8.52. The Morgan fingerprint density at radius 1 is 1.15 bits per heavy atom. The van der Waals surface area contributed by atoms with Crippen LogP contribution in [0.3, 0.4) is 0 Å². The molecule has 0 bridgehead atoms. The Bertz CT molecular complexity index is 1140. The first-order valence-electron chi connectivity index (χ1n) is 10.3. The number of nitrogens with one attached hydrogen (secondary N) is 1. The van der Waals surface area contributed by atoms with E-state index in [0.717, 1.165) is 27.8 Å². The molecule has 0 saturated carbocycles. The molecule has 2 aromatic carbocycles. The normalized spacial score (nSPS) is 12.0. The second-order valence-electron chi connectivity index (χ2n) is 7.57.